The molecule has 0 amide bonds. The van der Waals surface area contributed by atoms with Crippen LogP contribution in [0, 0.1) is 0 Å². The van der Waals surface area contributed by atoms with Crippen LogP contribution in [0.3, 0.4) is 0 Å². The van der Waals surface area contributed by atoms with Crippen molar-refractivity contribution < 1.29 is 28.6 Å². The zero-order valence-electron chi connectivity index (χ0n) is 57.0. The van der Waals surface area contributed by atoms with E-state index in [4.69, 9.17) is 14.2 Å². The van der Waals surface area contributed by atoms with Gasteiger partial charge in [-0.1, -0.05) is 419 Å². The molecule has 0 rings (SSSR count). The molecule has 1 unspecified atom stereocenters. The van der Waals surface area contributed by atoms with Crippen LogP contribution in [0.15, 0.2) is 0 Å². The summed E-state index contributed by atoms with van der Waals surface area (Å²) in [4.78, 5) is 38.6. The van der Waals surface area contributed by atoms with E-state index in [1.165, 1.54) is 360 Å². The first-order chi connectivity index (χ1) is 41.0. The Hall–Kier alpha value is -1.59. The van der Waals surface area contributed by atoms with E-state index < -0.39 is 6.10 Å². The van der Waals surface area contributed by atoms with Crippen molar-refractivity contribution >= 4 is 17.9 Å². The Bertz CT molecular complexity index is 1250. The van der Waals surface area contributed by atoms with Gasteiger partial charge in [-0.25, -0.2) is 0 Å². The number of hydrogen-bond donors (Lipinski definition) is 0. The summed E-state index contributed by atoms with van der Waals surface area (Å²) in [6.07, 6.45) is 87.2. The van der Waals surface area contributed by atoms with Crippen LogP contribution < -0.4 is 0 Å². The molecule has 0 radical (unpaired) electrons. The minimum atomic E-state index is -0.764. The summed E-state index contributed by atoms with van der Waals surface area (Å²) in [6, 6.07) is 0. The van der Waals surface area contributed by atoms with Gasteiger partial charge in [-0.3, -0.25) is 14.4 Å². The SMILES string of the molecule is CCCCCCCCCCCCCCCCCCCCCCCCCCCC(=O)OCC(COC(=O)CCCCCCCCCCCCCCCCCCCC)OC(=O)CCCCCCCCCCCCCCCCCCCCCCCC. The highest BCUT2D eigenvalue weighted by atomic mass is 16.6. The molecule has 0 saturated heterocycles. The normalized spacial score (nSPS) is 11.9. The molecular formula is C77H150O6. The Kier molecular flexibility index (Phi) is 71.5. The van der Waals surface area contributed by atoms with E-state index in [1.807, 2.05) is 0 Å². The highest BCUT2D eigenvalue weighted by Crippen LogP contribution is 2.20. The van der Waals surface area contributed by atoms with Crippen LogP contribution in [0.4, 0.5) is 0 Å². The van der Waals surface area contributed by atoms with Crippen LogP contribution in [-0.2, 0) is 28.6 Å². The van der Waals surface area contributed by atoms with Crippen molar-refractivity contribution in [3.05, 3.63) is 0 Å². The number of unbranched alkanes of at least 4 members (excludes halogenated alkanes) is 62. The molecule has 0 bridgehead atoms. The van der Waals surface area contributed by atoms with Crippen molar-refractivity contribution in [2.75, 3.05) is 13.2 Å². The summed E-state index contributed by atoms with van der Waals surface area (Å²) < 4.78 is 17.1. The Morgan fingerprint density at radius 2 is 0.325 bits per heavy atom. The second-order valence-corrected chi connectivity index (χ2v) is 26.6. The summed E-state index contributed by atoms with van der Waals surface area (Å²) in [5, 5.41) is 0. The predicted octanol–water partition coefficient (Wildman–Crippen LogP) is 26.6. The van der Waals surface area contributed by atoms with Gasteiger partial charge in [0.2, 0.25) is 0 Å². The number of rotatable bonds is 73. The van der Waals surface area contributed by atoms with E-state index in [2.05, 4.69) is 20.8 Å². The van der Waals surface area contributed by atoms with Gasteiger partial charge in [0.1, 0.15) is 13.2 Å². The van der Waals surface area contributed by atoms with Crippen molar-refractivity contribution in [1.82, 2.24) is 0 Å². The molecule has 0 heterocycles. The highest BCUT2D eigenvalue weighted by Gasteiger charge is 2.20. The Morgan fingerprint density at radius 1 is 0.193 bits per heavy atom. The van der Waals surface area contributed by atoms with Crippen molar-refractivity contribution in [3.63, 3.8) is 0 Å². The standard InChI is InChI=1S/C77H150O6/c1-4-7-10-13-16-19-22-25-28-31-34-36-38-39-40-42-43-46-49-52-55-58-61-64-67-70-76(79)82-73-74(72-81-75(78)69-66-63-60-57-54-51-48-45-33-30-27-24-21-18-15-12-9-6-3)83-77(80)71-68-65-62-59-56-53-50-47-44-41-37-35-32-29-26-23-20-17-14-11-8-5-2/h74H,4-73H2,1-3H3. The molecule has 83 heavy (non-hydrogen) atoms. The molecule has 0 aromatic rings. The third kappa shape index (κ3) is 71.1. The lowest BCUT2D eigenvalue weighted by molar-refractivity contribution is -0.167. The van der Waals surface area contributed by atoms with E-state index in [0.29, 0.717) is 19.3 Å². The quantitative estimate of drug-likeness (QED) is 0.0343. The summed E-state index contributed by atoms with van der Waals surface area (Å²) in [5.74, 6) is -0.812. The van der Waals surface area contributed by atoms with E-state index in [1.54, 1.807) is 0 Å². The van der Waals surface area contributed by atoms with Gasteiger partial charge < -0.3 is 14.2 Å². The molecule has 0 aliphatic rings. The average Bonchev–Trinajstić information content (AvgIpc) is 3.50. The fraction of sp³-hybridized carbons (Fsp3) is 0.961. The first kappa shape index (κ1) is 81.4. The lowest BCUT2D eigenvalue weighted by Crippen LogP contribution is -2.30. The summed E-state index contributed by atoms with van der Waals surface area (Å²) in [5.41, 5.74) is 0. The maximum absolute atomic E-state index is 13.0. The van der Waals surface area contributed by atoms with Gasteiger partial charge >= 0.3 is 17.9 Å². The maximum atomic E-state index is 13.0. The number of carbonyl (C=O) groups is 3. The minimum absolute atomic E-state index is 0.0597. The number of esters is 3. The van der Waals surface area contributed by atoms with Crippen LogP contribution in [0.2, 0.25) is 0 Å². The van der Waals surface area contributed by atoms with Crippen LogP contribution in [0.1, 0.15) is 457 Å². The summed E-state index contributed by atoms with van der Waals surface area (Å²) >= 11 is 0. The highest BCUT2D eigenvalue weighted by molar-refractivity contribution is 5.71. The van der Waals surface area contributed by atoms with Crippen LogP contribution >= 0.6 is 0 Å². The van der Waals surface area contributed by atoms with E-state index in [0.717, 1.165) is 57.8 Å². The molecule has 1 atom stereocenters. The second-order valence-electron chi connectivity index (χ2n) is 26.6. The first-order valence-corrected chi connectivity index (χ1v) is 38.5. The zero-order chi connectivity index (χ0) is 59.9. The van der Waals surface area contributed by atoms with Crippen LogP contribution in [0.5, 0.6) is 0 Å². The van der Waals surface area contributed by atoms with Gasteiger partial charge in [0, 0.05) is 19.3 Å². The molecule has 6 heteroatoms. The Labute approximate surface area is 520 Å². The van der Waals surface area contributed by atoms with Crippen molar-refractivity contribution in [2.24, 2.45) is 0 Å². The predicted molar refractivity (Wildman–Crippen MR) is 363 cm³/mol. The van der Waals surface area contributed by atoms with Gasteiger partial charge in [-0.15, -0.1) is 0 Å². The van der Waals surface area contributed by atoms with Gasteiger partial charge in [0.25, 0.3) is 0 Å². The molecule has 0 aliphatic heterocycles. The Balaban J connectivity index is 4.23. The average molecular weight is 1170 g/mol. The molecule has 0 aromatic carbocycles. The lowest BCUT2D eigenvalue weighted by Gasteiger charge is -2.18. The summed E-state index contributed by atoms with van der Waals surface area (Å²) in [6.45, 7) is 6.76. The van der Waals surface area contributed by atoms with Gasteiger partial charge in [0.05, 0.1) is 0 Å². The smallest absolute Gasteiger partial charge is 0.306 e. The molecule has 0 saturated carbocycles. The number of ether oxygens (including phenoxy) is 3. The van der Waals surface area contributed by atoms with E-state index in [-0.39, 0.29) is 31.1 Å². The molecule has 0 spiro atoms. The van der Waals surface area contributed by atoms with Crippen molar-refractivity contribution in [1.29, 1.82) is 0 Å². The van der Waals surface area contributed by atoms with Gasteiger partial charge in [-0.05, 0) is 19.3 Å². The van der Waals surface area contributed by atoms with E-state index in [9.17, 15) is 14.4 Å². The largest absolute Gasteiger partial charge is 0.462 e. The second kappa shape index (κ2) is 72.9. The van der Waals surface area contributed by atoms with Crippen LogP contribution in [-0.4, -0.2) is 37.2 Å². The molecule has 0 N–H and O–H groups in total. The molecular weight excluding hydrogens is 1020 g/mol. The Morgan fingerprint density at radius 3 is 0.482 bits per heavy atom. The molecule has 6 nitrogen and oxygen atoms in total. The van der Waals surface area contributed by atoms with Gasteiger partial charge in [-0.2, -0.15) is 0 Å². The van der Waals surface area contributed by atoms with Crippen molar-refractivity contribution in [3.8, 4) is 0 Å². The fourth-order valence-corrected chi connectivity index (χ4v) is 12.3. The summed E-state index contributed by atoms with van der Waals surface area (Å²) in [7, 11) is 0. The maximum Gasteiger partial charge on any atom is 0.306 e. The fourth-order valence-electron chi connectivity index (χ4n) is 12.3. The van der Waals surface area contributed by atoms with Gasteiger partial charge in [0.15, 0.2) is 6.10 Å². The minimum Gasteiger partial charge on any atom is -0.462 e. The third-order valence-corrected chi connectivity index (χ3v) is 18.1. The topological polar surface area (TPSA) is 78.9 Å². The van der Waals surface area contributed by atoms with Crippen LogP contribution in [0.25, 0.3) is 0 Å². The monoisotopic (exact) mass is 1170 g/mol. The van der Waals surface area contributed by atoms with E-state index >= 15 is 0 Å². The zero-order valence-corrected chi connectivity index (χ0v) is 57.0. The molecule has 0 fully saturated rings. The number of hydrogen-bond acceptors (Lipinski definition) is 6. The molecule has 0 aliphatic carbocycles. The molecule has 494 valence electrons. The molecule has 0 aromatic heterocycles. The lowest BCUT2D eigenvalue weighted by atomic mass is 10.0. The first-order valence-electron chi connectivity index (χ1n) is 38.5. The van der Waals surface area contributed by atoms with Crippen molar-refractivity contribution in [2.45, 2.75) is 463 Å². The third-order valence-electron chi connectivity index (χ3n) is 18.1. The number of carbonyl (C=O) groups excluding carboxylic acids is 3.